The van der Waals surface area contributed by atoms with E-state index >= 15 is 0 Å². The Bertz CT molecular complexity index is 717. The van der Waals surface area contributed by atoms with Crippen molar-refractivity contribution in [3.8, 4) is 0 Å². The molecule has 0 aliphatic rings. The van der Waals surface area contributed by atoms with Crippen LogP contribution in [0.2, 0.25) is 0 Å². The zero-order chi connectivity index (χ0) is 13.1. The molecule has 0 bridgehead atoms. The topological polar surface area (TPSA) is 50.4 Å². The summed E-state index contributed by atoms with van der Waals surface area (Å²) in [6.45, 7) is 0.796. The normalized spacial score (nSPS) is 11.4. The SMILES string of the molecule is ON=Cc1ccc2c(ccn2Cc2cccnc2)c1. The molecule has 0 fully saturated rings. The fourth-order valence-corrected chi connectivity index (χ4v) is 2.19. The van der Waals surface area contributed by atoms with E-state index in [4.69, 9.17) is 5.21 Å². The number of hydrogen-bond acceptors (Lipinski definition) is 3. The summed E-state index contributed by atoms with van der Waals surface area (Å²) in [5.41, 5.74) is 3.20. The van der Waals surface area contributed by atoms with Crippen molar-refractivity contribution in [3.63, 3.8) is 0 Å². The third-order valence-electron chi connectivity index (χ3n) is 3.08. The summed E-state index contributed by atoms with van der Waals surface area (Å²) >= 11 is 0. The summed E-state index contributed by atoms with van der Waals surface area (Å²) < 4.78 is 2.17. The lowest BCUT2D eigenvalue weighted by Gasteiger charge is -2.05. The van der Waals surface area contributed by atoms with E-state index in [0.29, 0.717) is 0 Å². The number of pyridine rings is 1. The fourth-order valence-electron chi connectivity index (χ4n) is 2.19. The van der Waals surface area contributed by atoms with Gasteiger partial charge in [0.2, 0.25) is 0 Å². The molecule has 0 atom stereocenters. The Labute approximate surface area is 110 Å². The predicted octanol–water partition coefficient (Wildman–Crippen LogP) is 2.89. The molecule has 0 unspecified atom stereocenters. The molecule has 0 radical (unpaired) electrons. The maximum absolute atomic E-state index is 8.55. The van der Waals surface area contributed by atoms with E-state index in [9.17, 15) is 0 Å². The van der Waals surface area contributed by atoms with Gasteiger partial charge < -0.3 is 9.77 Å². The molecule has 4 heteroatoms. The number of benzene rings is 1. The minimum absolute atomic E-state index is 0.796. The number of hydrogen-bond donors (Lipinski definition) is 1. The Kier molecular flexibility index (Phi) is 2.98. The first-order valence-corrected chi connectivity index (χ1v) is 6.02. The quantitative estimate of drug-likeness (QED) is 0.442. The molecule has 0 aliphatic carbocycles. The second kappa shape index (κ2) is 4.94. The van der Waals surface area contributed by atoms with Crippen molar-refractivity contribution in [2.24, 2.45) is 5.16 Å². The van der Waals surface area contributed by atoms with Crippen molar-refractivity contribution in [3.05, 3.63) is 66.1 Å². The van der Waals surface area contributed by atoms with E-state index in [1.807, 2.05) is 30.5 Å². The highest BCUT2D eigenvalue weighted by molar-refractivity contribution is 5.89. The van der Waals surface area contributed by atoms with Gasteiger partial charge >= 0.3 is 0 Å². The fraction of sp³-hybridized carbons (Fsp3) is 0.0667. The van der Waals surface area contributed by atoms with E-state index in [1.54, 1.807) is 6.20 Å². The molecule has 4 nitrogen and oxygen atoms in total. The first kappa shape index (κ1) is 11.5. The van der Waals surface area contributed by atoms with Crippen LogP contribution in [0.4, 0.5) is 0 Å². The van der Waals surface area contributed by atoms with Crippen molar-refractivity contribution in [1.82, 2.24) is 9.55 Å². The van der Waals surface area contributed by atoms with Crippen LogP contribution in [0.15, 0.2) is 60.1 Å². The summed E-state index contributed by atoms with van der Waals surface area (Å²) in [7, 11) is 0. The van der Waals surface area contributed by atoms with Gasteiger partial charge in [-0.3, -0.25) is 4.98 Å². The minimum Gasteiger partial charge on any atom is -0.411 e. The van der Waals surface area contributed by atoms with Crippen molar-refractivity contribution in [2.75, 3.05) is 0 Å². The van der Waals surface area contributed by atoms with Gasteiger partial charge in [0.25, 0.3) is 0 Å². The summed E-state index contributed by atoms with van der Waals surface area (Å²) in [5.74, 6) is 0. The highest BCUT2D eigenvalue weighted by atomic mass is 16.4. The van der Waals surface area contributed by atoms with Gasteiger partial charge in [-0.2, -0.15) is 0 Å². The summed E-state index contributed by atoms with van der Waals surface area (Å²) in [4.78, 5) is 4.13. The van der Waals surface area contributed by atoms with E-state index in [1.165, 1.54) is 11.8 Å². The third-order valence-corrected chi connectivity index (χ3v) is 3.08. The van der Waals surface area contributed by atoms with Crippen LogP contribution in [0.1, 0.15) is 11.1 Å². The second-order valence-corrected chi connectivity index (χ2v) is 4.37. The molecule has 0 spiro atoms. The van der Waals surface area contributed by atoms with Gasteiger partial charge in [0, 0.05) is 36.0 Å². The maximum Gasteiger partial charge on any atom is 0.0734 e. The molecule has 94 valence electrons. The molecule has 0 saturated carbocycles. The average molecular weight is 251 g/mol. The molecule has 2 heterocycles. The van der Waals surface area contributed by atoms with Crippen LogP contribution in [-0.4, -0.2) is 21.0 Å². The third kappa shape index (κ3) is 2.33. The Balaban J connectivity index is 1.97. The van der Waals surface area contributed by atoms with Crippen LogP contribution in [0.25, 0.3) is 10.9 Å². The van der Waals surface area contributed by atoms with E-state index in [-0.39, 0.29) is 0 Å². The van der Waals surface area contributed by atoms with Crippen molar-refractivity contribution in [2.45, 2.75) is 6.54 Å². The standard InChI is InChI=1S/C15H13N3O/c19-17-10-12-3-4-15-14(8-12)5-7-18(15)11-13-2-1-6-16-9-13/h1-10,19H,11H2. The smallest absolute Gasteiger partial charge is 0.0734 e. The van der Waals surface area contributed by atoms with E-state index in [0.717, 1.165) is 23.0 Å². The van der Waals surface area contributed by atoms with Crippen LogP contribution in [0.3, 0.4) is 0 Å². The lowest BCUT2D eigenvalue weighted by molar-refractivity contribution is 0.322. The molecule has 3 aromatic rings. The molecule has 1 aromatic carbocycles. The Hall–Kier alpha value is -2.62. The van der Waals surface area contributed by atoms with Gasteiger partial charge in [-0.1, -0.05) is 17.3 Å². The van der Waals surface area contributed by atoms with Crippen molar-refractivity contribution >= 4 is 17.1 Å². The van der Waals surface area contributed by atoms with E-state index in [2.05, 4.69) is 33.0 Å². The first-order valence-electron chi connectivity index (χ1n) is 6.02. The molecule has 1 N–H and O–H groups in total. The predicted molar refractivity (Wildman–Crippen MR) is 74.7 cm³/mol. The molecular formula is C15H13N3O. The minimum atomic E-state index is 0.796. The number of oxime groups is 1. The number of fused-ring (bicyclic) bond motifs is 1. The van der Waals surface area contributed by atoms with Crippen LogP contribution in [0, 0.1) is 0 Å². The highest BCUT2D eigenvalue weighted by Gasteiger charge is 2.02. The van der Waals surface area contributed by atoms with Gasteiger partial charge in [0.15, 0.2) is 0 Å². The summed E-state index contributed by atoms with van der Waals surface area (Å²) in [6.07, 6.45) is 7.13. The molecule has 0 amide bonds. The van der Waals surface area contributed by atoms with Crippen molar-refractivity contribution in [1.29, 1.82) is 0 Å². The molecule has 19 heavy (non-hydrogen) atoms. The number of nitrogens with zero attached hydrogens (tertiary/aromatic N) is 3. The maximum atomic E-state index is 8.55. The van der Waals surface area contributed by atoms with Gasteiger partial charge in [-0.05, 0) is 35.4 Å². The van der Waals surface area contributed by atoms with Crippen LogP contribution in [0.5, 0.6) is 0 Å². The van der Waals surface area contributed by atoms with Crippen LogP contribution >= 0.6 is 0 Å². The molecular weight excluding hydrogens is 238 g/mol. The lowest BCUT2D eigenvalue weighted by atomic mass is 10.2. The van der Waals surface area contributed by atoms with Crippen LogP contribution in [-0.2, 0) is 6.54 Å². The summed E-state index contributed by atoms with van der Waals surface area (Å²) in [5, 5.41) is 12.7. The first-order chi connectivity index (χ1) is 9.36. The van der Waals surface area contributed by atoms with Gasteiger partial charge in [-0.15, -0.1) is 0 Å². The summed E-state index contributed by atoms with van der Waals surface area (Å²) in [6, 6.07) is 12.0. The van der Waals surface area contributed by atoms with E-state index < -0.39 is 0 Å². The molecule has 2 aromatic heterocycles. The number of rotatable bonds is 3. The second-order valence-electron chi connectivity index (χ2n) is 4.37. The Morgan fingerprint density at radius 3 is 3.00 bits per heavy atom. The molecule has 3 rings (SSSR count). The number of aromatic nitrogens is 2. The Morgan fingerprint density at radius 2 is 2.21 bits per heavy atom. The van der Waals surface area contributed by atoms with Gasteiger partial charge in [0.05, 0.1) is 6.21 Å². The highest BCUT2D eigenvalue weighted by Crippen LogP contribution is 2.18. The zero-order valence-electron chi connectivity index (χ0n) is 10.3. The Morgan fingerprint density at radius 1 is 1.26 bits per heavy atom. The molecule has 0 saturated heterocycles. The van der Waals surface area contributed by atoms with Crippen molar-refractivity contribution < 1.29 is 5.21 Å². The van der Waals surface area contributed by atoms with Gasteiger partial charge in [-0.25, -0.2) is 0 Å². The largest absolute Gasteiger partial charge is 0.411 e. The van der Waals surface area contributed by atoms with Gasteiger partial charge in [0.1, 0.15) is 0 Å². The van der Waals surface area contributed by atoms with Crippen LogP contribution < -0.4 is 0 Å². The average Bonchev–Trinajstić information content (AvgIpc) is 2.83. The monoisotopic (exact) mass is 251 g/mol. The zero-order valence-corrected chi connectivity index (χ0v) is 10.3. The lowest BCUT2D eigenvalue weighted by Crippen LogP contribution is -1.98. The molecule has 0 aliphatic heterocycles.